The summed E-state index contributed by atoms with van der Waals surface area (Å²) in [6.07, 6.45) is 0. The molecule has 0 aliphatic carbocycles. The van der Waals surface area contributed by atoms with Crippen LogP contribution in [0.25, 0.3) is 0 Å². The highest BCUT2D eigenvalue weighted by atomic mass is 32.2. The van der Waals surface area contributed by atoms with Crippen molar-refractivity contribution in [3.05, 3.63) is 24.3 Å². The van der Waals surface area contributed by atoms with Gasteiger partial charge in [-0.3, -0.25) is 4.79 Å². The number of fused-ring (bicyclic) bond motifs is 1. The molecule has 0 aromatic heterocycles. The van der Waals surface area contributed by atoms with E-state index in [-0.39, 0.29) is 0 Å². The van der Waals surface area contributed by atoms with Gasteiger partial charge in [-0.1, -0.05) is 6.92 Å². The van der Waals surface area contributed by atoms with Gasteiger partial charge in [-0.05, 0) is 30.0 Å². The van der Waals surface area contributed by atoms with Gasteiger partial charge in [0, 0.05) is 5.69 Å². The standard InChI is InChI=1S/C19H23NO7S/c1-5-28-19-13-12(16(21)27-19)14(17(22)25-3)20(15(13)18(23)26-4)10-6-8-11(24-2)9-7-10/h6-9,12-15,19H,5H2,1-4H3/t12-,13+,14-,15-,19+/m1/s1. The largest absolute Gasteiger partial charge is 0.497 e. The van der Waals surface area contributed by atoms with Gasteiger partial charge >= 0.3 is 17.9 Å². The first-order valence-corrected chi connectivity index (χ1v) is 9.93. The zero-order chi connectivity index (χ0) is 20.4. The van der Waals surface area contributed by atoms with E-state index in [1.807, 2.05) is 6.92 Å². The number of anilines is 1. The monoisotopic (exact) mass is 409 g/mol. The van der Waals surface area contributed by atoms with Gasteiger partial charge in [-0.25, -0.2) is 9.59 Å². The Morgan fingerprint density at radius 2 is 1.68 bits per heavy atom. The summed E-state index contributed by atoms with van der Waals surface area (Å²) in [5.41, 5.74) is 0.0519. The molecule has 0 amide bonds. The molecule has 1 aromatic carbocycles. The quantitative estimate of drug-likeness (QED) is 0.511. The highest BCUT2D eigenvalue weighted by molar-refractivity contribution is 7.99. The van der Waals surface area contributed by atoms with Gasteiger partial charge in [0.15, 0.2) is 5.44 Å². The molecule has 28 heavy (non-hydrogen) atoms. The lowest BCUT2D eigenvalue weighted by Gasteiger charge is -2.32. The summed E-state index contributed by atoms with van der Waals surface area (Å²) in [6.45, 7) is 1.94. The Bertz CT molecular complexity index is 753. The summed E-state index contributed by atoms with van der Waals surface area (Å²) in [6, 6.07) is 5.08. The topological polar surface area (TPSA) is 91.4 Å². The van der Waals surface area contributed by atoms with Gasteiger partial charge in [0.25, 0.3) is 0 Å². The normalized spacial score (nSPS) is 28.5. The Morgan fingerprint density at radius 1 is 1.07 bits per heavy atom. The van der Waals surface area contributed by atoms with Crippen LogP contribution in [0.2, 0.25) is 0 Å². The average molecular weight is 409 g/mol. The van der Waals surface area contributed by atoms with E-state index < -0.39 is 47.3 Å². The molecule has 3 rings (SSSR count). The van der Waals surface area contributed by atoms with Crippen LogP contribution in [0.5, 0.6) is 5.75 Å². The zero-order valence-electron chi connectivity index (χ0n) is 16.1. The molecule has 2 fully saturated rings. The Hall–Kier alpha value is -2.42. The molecular formula is C19H23NO7S. The Kier molecular flexibility index (Phi) is 6.02. The van der Waals surface area contributed by atoms with Crippen LogP contribution < -0.4 is 9.64 Å². The first-order chi connectivity index (χ1) is 13.5. The number of hydrogen-bond donors (Lipinski definition) is 0. The van der Waals surface area contributed by atoms with Gasteiger partial charge in [0.1, 0.15) is 17.8 Å². The van der Waals surface area contributed by atoms with Gasteiger partial charge in [0.05, 0.1) is 33.2 Å². The predicted octanol–water partition coefficient (Wildman–Crippen LogP) is 1.47. The van der Waals surface area contributed by atoms with Gasteiger partial charge in [0.2, 0.25) is 0 Å². The minimum atomic E-state index is -0.984. The summed E-state index contributed by atoms with van der Waals surface area (Å²) in [5, 5.41) is 0. The van der Waals surface area contributed by atoms with Crippen LogP contribution in [0.4, 0.5) is 5.69 Å². The van der Waals surface area contributed by atoms with Crippen molar-refractivity contribution in [2.75, 3.05) is 32.0 Å². The second kappa shape index (κ2) is 8.30. The lowest BCUT2D eigenvalue weighted by molar-refractivity contribution is -0.150. The van der Waals surface area contributed by atoms with Crippen LogP contribution in [0.1, 0.15) is 6.92 Å². The Labute approximate surface area is 167 Å². The van der Waals surface area contributed by atoms with Crippen LogP contribution in [0, 0.1) is 11.8 Å². The van der Waals surface area contributed by atoms with Crippen molar-refractivity contribution in [1.29, 1.82) is 0 Å². The van der Waals surface area contributed by atoms with Crippen molar-refractivity contribution in [3.63, 3.8) is 0 Å². The summed E-state index contributed by atoms with van der Waals surface area (Å²) >= 11 is 1.43. The number of hydrogen-bond acceptors (Lipinski definition) is 9. The highest BCUT2D eigenvalue weighted by Gasteiger charge is 2.65. The molecule has 0 radical (unpaired) electrons. The number of thioether (sulfide) groups is 1. The van der Waals surface area contributed by atoms with E-state index in [0.29, 0.717) is 17.2 Å². The third-order valence-electron chi connectivity index (χ3n) is 5.12. The molecule has 0 bridgehead atoms. The van der Waals surface area contributed by atoms with E-state index in [4.69, 9.17) is 18.9 Å². The predicted molar refractivity (Wildman–Crippen MR) is 102 cm³/mol. The molecule has 1 aromatic rings. The van der Waals surface area contributed by atoms with E-state index in [1.54, 1.807) is 36.3 Å². The van der Waals surface area contributed by atoms with Crippen LogP contribution in [0.15, 0.2) is 24.3 Å². The molecule has 2 saturated heterocycles. The molecule has 0 saturated carbocycles. The minimum Gasteiger partial charge on any atom is -0.497 e. The second-order valence-electron chi connectivity index (χ2n) is 6.41. The molecule has 0 spiro atoms. The van der Waals surface area contributed by atoms with Crippen LogP contribution in [0.3, 0.4) is 0 Å². The number of methoxy groups -OCH3 is 3. The lowest BCUT2D eigenvalue weighted by atomic mass is 9.89. The number of carbonyl (C=O) groups excluding carboxylic acids is 3. The van der Waals surface area contributed by atoms with E-state index in [1.165, 1.54) is 26.0 Å². The van der Waals surface area contributed by atoms with Gasteiger partial charge < -0.3 is 23.8 Å². The smallest absolute Gasteiger partial charge is 0.329 e. The fourth-order valence-electron chi connectivity index (χ4n) is 3.97. The highest BCUT2D eigenvalue weighted by Crippen LogP contribution is 2.49. The van der Waals surface area contributed by atoms with Crippen LogP contribution >= 0.6 is 11.8 Å². The maximum atomic E-state index is 12.8. The zero-order valence-corrected chi connectivity index (χ0v) is 16.9. The molecule has 5 atom stereocenters. The first-order valence-electron chi connectivity index (χ1n) is 8.88. The van der Waals surface area contributed by atoms with Crippen molar-refractivity contribution in [2.24, 2.45) is 11.8 Å². The third kappa shape index (κ3) is 3.28. The maximum Gasteiger partial charge on any atom is 0.329 e. The molecule has 2 aliphatic rings. The van der Waals surface area contributed by atoms with E-state index >= 15 is 0 Å². The molecule has 2 aliphatic heterocycles. The molecule has 152 valence electrons. The fraction of sp³-hybridized carbons (Fsp3) is 0.526. The number of nitrogens with zero attached hydrogens (tertiary/aromatic N) is 1. The lowest BCUT2D eigenvalue weighted by Crippen LogP contribution is -2.49. The summed E-state index contributed by atoms with van der Waals surface area (Å²) in [7, 11) is 4.09. The summed E-state index contributed by atoms with van der Waals surface area (Å²) < 4.78 is 20.7. The molecular weight excluding hydrogens is 386 g/mol. The van der Waals surface area contributed by atoms with Gasteiger partial charge in [-0.15, -0.1) is 11.8 Å². The molecule has 8 nitrogen and oxygen atoms in total. The number of rotatable bonds is 6. The summed E-state index contributed by atoms with van der Waals surface area (Å²) in [5.74, 6) is -1.66. The Morgan fingerprint density at radius 3 is 2.21 bits per heavy atom. The van der Waals surface area contributed by atoms with Crippen molar-refractivity contribution in [2.45, 2.75) is 24.4 Å². The van der Waals surface area contributed by atoms with E-state index in [0.717, 1.165) is 0 Å². The molecule has 9 heteroatoms. The SMILES string of the molecule is CCS[C@@H]1OC(=O)[C@@H]2[C@H]1[C@H](C(=O)OC)N(c1ccc(OC)cc1)[C@H]2C(=O)OC. The average Bonchev–Trinajstić information content (AvgIpc) is 3.23. The van der Waals surface area contributed by atoms with Crippen molar-refractivity contribution < 1.29 is 33.3 Å². The first kappa shape index (κ1) is 20.3. The van der Waals surface area contributed by atoms with Gasteiger partial charge in [-0.2, -0.15) is 0 Å². The van der Waals surface area contributed by atoms with Crippen molar-refractivity contribution in [1.82, 2.24) is 0 Å². The number of esters is 3. The number of benzene rings is 1. The van der Waals surface area contributed by atoms with E-state index in [2.05, 4.69) is 0 Å². The minimum absolute atomic E-state index is 0.503. The molecule has 0 unspecified atom stereocenters. The Balaban J connectivity index is 2.12. The molecule has 0 N–H and O–H groups in total. The third-order valence-corrected chi connectivity index (χ3v) is 6.20. The fourth-order valence-corrected chi connectivity index (χ4v) is 5.00. The number of carbonyl (C=O) groups is 3. The number of ether oxygens (including phenoxy) is 4. The second-order valence-corrected chi connectivity index (χ2v) is 7.78. The molecule has 2 heterocycles. The van der Waals surface area contributed by atoms with Crippen molar-refractivity contribution >= 4 is 35.4 Å². The van der Waals surface area contributed by atoms with Crippen LogP contribution in [-0.4, -0.2) is 62.5 Å². The van der Waals surface area contributed by atoms with Crippen molar-refractivity contribution in [3.8, 4) is 5.75 Å². The maximum absolute atomic E-state index is 12.8. The number of cyclic esters (lactones) is 1. The van der Waals surface area contributed by atoms with Crippen LogP contribution in [-0.2, 0) is 28.6 Å². The van der Waals surface area contributed by atoms with E-state index in [9.17, 15) is 14.4 Å². The summed E-state index contributed by atoms with van der Waals surface area (Å²) in [4.78, 5) is 39.7.